The van der Waals surface area contributed by atoms with Gasteiger partial charge in [-0.1, -0.05) is 78.9 Å². The summed E-state index contributed by atoms with van der Waals surface area (Å²) < 4.78 is 0. The number of carbonyl (C=O) groups is 2. The number of ketones is 1. The number of nitrogens with one attached hydrogen (secondary N) is 1. The number of carbonyl (C=O) groups excluding carboxylic acids is 2. The maximum atomic E-state index is 12.7. The summed E-state index contributed by atoms with van der Waals surface area (Å²) in [6.45, 7) is 0.0662. The van der Waals surface area contributed by atoms with Crippen molar-refractivity contribution >= 4 is 11.7 Å². The zero-order valence-corrected chi connectivity index (χ0v) is 14.1. The number of amides is 1. The van der Waals surface area contributed by atoms with Crippen molar-refractivity contribution in [2.24, 2.45) is 0 Å². The fourth-order valence-corrected chi connectivity index (χ4v) is 2.70. The van der Waals surface area contributed by atoms with Crippen LogP contribution in [-0.4, -0.2) is 23.3 Å². The Morgan fingerprint density at radius 1 is 0.769 bits per heavy atom. The standard InChI is InChI=1S/C22H19NO3/c24-20(16-9-3-1-4-10-16)15-23-22(26)19-14-8-7-13-18(19)21(25)17-11-5-2-6-12-17/h1-14,20,24H,15H2,(H,23,26)/t20-/m0/s1. The zero-order valence-electron chi connectivity index (χ0n) is 14.1. The monoisotopic (exact) mass is 345 g/mol. The molecular weight excluding hydrogens is 326 g/mol. The SMILES string of the molecule is O=C(NC[C@H](O)c1ccccc1)c1ccccc1C(=O)c1ccccc1. The number of rotatable bonds is 6. The minimum atomic E-state index is -0.808. The Balaban J connectivity index is 1.75. The van der Waals surface area contributed by atoms with Gasteiger partial charge in [-0.25, -0.2) is 0 Å². The Bertz CT molecular complexity index is 892. The van der Waals surface area contributed by atoms with Crippen LogP contribution in [0.2, 0.25) is 0 Å². The van der Waals surface area contributed by atoms with Crippen LogP contribution >= 0.6 is 0 Å². The van der Waals surface area contributed by atoms with Crippen LogP contribution in [0, 0.1) is 0 Å². The van der Waals surface area contributed by atoms with E-state index in [-0.39, 0.29) is 18.2 Å². The van der Waals surface area contributed by atoms with Crippen LogP contribution in [0.25, 0.3) is 0 Å². The van der Waals surface area contributed by atoms with Crippen molar-refractivity contribution < 1.29 is 14.7 Å². The number of benzene rings is 3. The Hall–Kier alpha value is -3.24. The van der Waals surface area contributed by atoms with Gasteiger partial charge in [0.2, 0.25) is 0 Å². The molecule has 0 spiro atoms. The second-order valence-electron chi connectivity index (χ2n) is 5.88. The van der Waals surface area contributed by atoms with Gasteiger partial charge >= 0.3 is 0 Å². The smallest absolute Gasteiger partial charge is 0.252 e. The molecule has 3 rings (SSSR count). The molecule has 1 atom stereocenters. The molecule has 1 amide bonds. The molecule has 0 bridgehead atoms. The van der Waals surface area contributed by atoms with Gasteiger partial charge in [-0.15, -0.1) is 0 Å². The van der Waals surface area contributed by atoms with Crippen LogP contribution in [0.4, 0.5) is 0 Å². The van der Waals surface area contributed by atoms with Crippen molar-refractivity contribution in [1.29, 1.82) is 0 Å². The molecular formula is C22H19NO3. The number of aliphatic hydroxyl groups excluding tert-OH is 1. The van der Waals surface area contributed by atoms with Crippen LogP contribution in [0.5, 0.6) is 0 Å². The molecule has 2 N–H and O–H groups in total. The van der Waals surface area contributed by atoms with E-state index in [4.69, 9.17) is 0 Å². The van der Waals surface area contributed by atoms with E-state index in [1.165, 1.54) is 0 Å². The molecule has 130 valence electrons. The Kier molecular flexibility index (Phi) is 5.56. The van der Waals surface area contributed by atoms with Crippen molar-refractivity contribution in [1.82, 2.24) is 5.32 Å². The second kappa shape index (κ2) is 8.23. The lowest BCUT2D eigenvalue weighted by atomic mass is 9.98. The van der Waals surface area contributed by atoms with Crippen LogP contribution in [0.1, 0.15) is 37.9 Å². The van der Waals surface area contributed by atoms with E-state index in [0.717, 1.165) is 5.56 Å². The highest BCUT2D eigenvalue weighted by Crippen LogP contribution is 2.16. The van der Waals surface area contributed by atoms with Crippen LogP contribution < -0.4 is 5.32 Å². The highest BCUT2D eigenvalue weighted by atomic mass is 16.3. The quantitative estimate of drug-likeness (QED) is 0.673. The predicted molar refractivity (Wildman–Crippen MR) is 100 cm³/mol. The number of aliphatic hydroxyl groups is 1. The molecule has 3 aromatic rings. The van der Waals surface area contributed by atoms with Crippen molar-refractivity contribution in [2.45, 2.75) is 6.10 Å². The van der Waals surface area contributed by atoms with Gasteiger partial charge in [-0.2, -0.15) is 0 Å². The predicted octanol–water partition coefficient (Wildman–Crippen LogP) is 3.38. The summed E-state index contributed by atoms with van der Waals surface area (Å²) >= 11 is 0. The van der Waals surface area contributed by atoms with Gasteiger partial charge in [0.15, 0.2) is 5.78 Å². The lowest BCUT2D eigenvalue weighted by Crippen LogP contribution is -2.29. The number of hydrogen-bond acceptors (Lipinski definition) is 3. The molecule has 0 heterocycles. The summed E-state index contributed by atoms with van der Waals surface area (Å²) in [6, 6.07) is 24.6. The summed E-state index contributed by atoms with van der Waals surface area (Å²) in [5, 5.41) is 12.9. The largest absolute Gasteiger partial charge is 0.387 e. The van der Waals surface area contributed by atoms with Gasteiger partial charge in [0, 0.05) is 17.7 Å². The Morgan fingerprint density at radius 3 is 1.96 bits per heavy atom. The first-order valence-corrected chi connectivity index (χ1v) is 8.37. The normalized spacial score (nSPS) is 11.6. The van der Waals surface area contributed by atoms with Gasteiger partial charge in [-0.05, 0) is 11.6 Å². The maximum absolute atomic E-state index is 12.7. The molecule has 0 saturated heterocycles. The first kappa shape index (κ1) is 17.6. The summed E-state index contributed by atoms with van der Waals surface area (Å²) in [4.78, 5) is 25.3. The van der Waals surface area contributed by atoms with Gasteiger partial charge in [-0.3, -0.25) is 9.59 Å². The third kappa shape index (κ3) is 4.05. The lowest BCUT2D eigenvalue weighted by molar-refractivity contribution is 0.0908. The van der Waals surface area contributed by atoms with Crippen LogP contribution in [0.15, 0.2) is 84.9 Å². The second-order valence-corrected chi connectivity index (χ2v) is 5.88. The van der Waals surface area contributed by atoms with E-state index in [0.29, 0.717) is 16.7 Å². The minimum Gasteiger partial charge on any atom is -0.387 e. The van der Waals surface area contributed by atoms with Crippen molar-refractivity contribution in [3.63, 3.8) is 0 Å². The van der Waals surface area contributed by atoms with E-state index in [9.17, 15) is 14.7 Å². The lowest BCUT2D eigenvalue weighted by Gasteiger charge is -2.13. The molecule has 0 fully saturated rings. The number of hydrogen-bond donors (Lipinski definition) is 2. The zero-order chi connectivity index (χ0) is 18.4. The first-order valence-electron chi connectivity index (χ1n) is 8.37. The van der Waals surface area contributed by atoms with E-state index in [2.05, 4.69) is 5.32 Å². The average molecular weight is 345 g/mol. The van der Waals surface area contributed by atoms with Crippen molar-refractivity contribution in [3.8, 4) is 0 Å². The summed E-state index contributed by atoms with van der Waals surface area (Å²) in [5.74, 6) is -0.597. The van der Waals surface area contributed by atoms with Crippen molar-refractivity contribution in [3.05, 3.63) is 107 Å². The Morgan fingerprint density at radius 2 is 1.31 bits per heavy atom. The highest BCUT2D eigenvalue weighted by molar-refractivity contribution is 6.15. The molecule has 26 heavy (non-hydrogen) atoms. The Labute approximate surface area is 152 Å². The molecule has 0 aliphatic carbocycles. The van der Waals surface area contributed by atoms with E-state index >= 15 is 0 Å². The summed E-state index contributed by atoms with van der Waals surface area (Å²) in [6.07, 6.45) is -0.808. The fraction of sp³-hybridized carbons (Fsp3) is 0.0909. The first-order chi connectivity index (χ1) is 12.7. The van der Waals surface area contributed by atoms with E-state index in [1.54, 1.807) is 60.7 Å². The van der Waals surface area contributed by atoms with Crippen molar-refractivity contribution in [2.75, 3.05) is 6.54 Å². The van der Waals surface area contributed by atoms with Crippen LogP contribution in [-0.2, 0) is 0 Å². The average Bonchev–Trinajstić information content (AvgIpc) is 2.72. The van der Waals surface area contributed by atoms with Gasteiger partial charge < -0.3 is 10.4 Å². The highest BCUT2D eigenvalue weighted by Gasteiger charge is 2.18. The maximum Gasteiger partial charge on any atom is 0.252 e. The topological polar surface area (TPSA) is 66.4 Å². The molecule has 4 heteroatoms. The molecule has 0 aliphatic heterocycles. The van der Waals surface area contributed by atoms with E-state index in [1.807, 2.05) is 24.3 Å². The third-order valence-corrected chi connectivity index (χ3v) is 4.09. The minimum absolute atomic E-state index is 0.0662. The van der Waals surface area contributed by atoms with Gasteiger partial charge in [0.05, 0.1) is 11.7 Å². The third-order valence-electron chi connectivity index (χ3n) is 4.09. The molecule has 3 aromatic carbocycles. The van der Waals surface area contributed by atoms with Crippen LogP contribution in [0.3, 0.4) is 0 Å². The molecule has 0 aromatic heterocycles. The van der Waals surface area contributed by atoms with Gasteiger partial charge in [0.25, 0.3) is 5.91 Å². The molecule has 0 radical (unpaired) electrons. The van der Waals surface area contributed by atoms with Gasteiger partial charge in [0.1, 0.15) is 0 Å². The molecule has 0 unspecified atom stereocenters. The molecule has 4 nitrogen and oxygen atoms in total. The molecule has 0 aliphatic rings. The van der Waals surface area contributed by atoms with E-state index < -0.39 is 6.10 Å². The molecule has 0 saturated carbocycles. The fourth-order valence-electron chi connectivity index (χ4n) is 2.70. The summed E-state index contributed by atoms with van der Waals surface area (Å²) in [7, 11) is 0. The summed E-state index contributed by atoms with van der Waals surface area (Å²) in [5.41, 5.74) is 1.88.